The molecule has 0 aliphatic carbocycles. The summed E-state index contributed by atoms with van der Waals surface area (Å²) in [7, 11) is -3.79. The number of hydrogen-bond acceptors (Lipinski definition) is 6. The van der Waals surface area contributed by atoms with E-state index in [1.165, 1.54) is 15.6 Å². The van der Waals surface area contributed by atoms with Crippen LogP contribution in [0, 0.1) is 6.92 Å². The van der Waals surface area contributed by atoms with Gasteiger partial charge in [0.2, 0.25) is 0 Å². The quantitative estimate of drug-likeness (QED) is 0.707. The number of anilines is 2. The molecule has 0 saturated carbocycles. The van der Waals surface area contributed by atoms with Gasteiger partial charge in [-0.15, -0.1) is 11.3 Å². The number of nitrogens with zero attached hydrogens (tertiary/aromatic N) is 2. The van der Waals surface area contributed by atoms with Crippen molar-refractivity contribution in [1.29, 1.82) is 0 Å². The fourth-order valence-electron chi connectivity index (χ4n) is 2.86. The van der Waals surface area contributed by atoms with Crippen molar-refractivity contribution in [2.24, 2.45) is 0 Å². The van der Waals surface area contributed by atoms with Crippen molar-refractivity contribution in [2.75, 3.05) is 22.8 Å². The van der Waals surface area contributed by atoms with Gasteiger partial charge in [0.1, 0.15) is 12.4 Å². The number of rotatable bonds is 5. The van der Waals surface area contributed by atoms with Crippen molar-refractivity contribution in [1.82, 2.24) is 4.98 Å². The fourth-order valence-corrected chi connectivity index (χ4v) is 5.15. The first-order valence-electron chi connectivity index (χ1n) is 8.52. The summed E-state index contributed by atoms with van der Waals surface area (Å²) in [5.74, 6) is 0.553. The molecule has 1 N–H and O–H groups in total. The lowest BCUT2D eigenvalue weighted by molar-refractivity contribution is 0.322. The topological polar surface area (TPSA) is 71.5 Å². The summed E-state index contributed by atoms with van der Waals surface area (Å²) >= 11 is 1.30. The molecule has 0 radical (unpaired) electrons. The van der Waals surface area contributed by atoms with Crippen molar-refractivity contribution in [2.45, 2.75) is 18.4 Å². The molecule has 0 bridgehead atoms. The first-order chi connectivity index (χ1) is 13.0. The first kappa shape index (κ1) is 17.8. The van der Waals surface area contributed by atoms with Gasteiger partial charge in [-0.3, -0.25) is 0 Å². The summed E-state index contributed by atoms with van der Waals surface area (Å²) in [5, 5.41) is 5.41. The van der Waals surface area contributed by atoms with Gasteiger partial charge < -0.3 is 10.1 Å². The second kappa shape index (κ2) is 7.21. The van der Waals surface area contributed by atoms with Crippen LogP contribution < -0.4 is 14.4 Å². The van der Waals surface area contributed by atoms with Gasteiger partial charge in [-0.05, 0) is 24.6 Å². The van der Waals surface area contributed by atoms with Gasteiger partial charge >= 0.3 is 0 Å². The number of sulfonamides is 1. The van der Waals surface area contributed by atoms with E-state index in [0.717, 1.165) is 16.8 Å². The van der Waals surface area contributed by atoms with Crippen molar-refractivity contribution in [3.8, 4) is 5.75 Å². The Morgan fingerprint density at radius 2 is 2.04 bits per heavy atom. The molecular formula is C19H19N3O3S2. The number of nitrogens with one attached hydrogen (secondary N) is 1. The maximum atomic E-state index is 13.4. The van der Waals surface area contributed by atoms with Gasteiger partial charge in [0, 0.05) is 24.2 Å². The largest absolute Gasteiger partial charge is 0.490 e. The Kier molecular flexibility index (Phi) is 4.75. The van der Waals surface area contributed by atoms with Crippen molar-refractivity contribution in [3.63, 3.8) is 0 Å². The number of aromatic nitrogens is 1. The molecule has 3 aromatic rings. The Morgan fingerprint density at radius 1 is 1.22 bits per heavy atom. The second-order valence-electron chi connectivity index (χ2n) is 6.25. The monoisotopic (exact) mass is 401 g/mol. The third kappa shape index (κ3) is 3.63. The molecule has 6 nitrogen and oxygen atoms in total. The Morgan fingerprint density at radius 3 is 2.78 bits per heavy atom. The molecule has 0 amide bonds. The minimum Gasteiger partial charge on any atom is -0.490 e. The Bertz CT molecular complexity index is 1030. The van der Waals surface area contributed by atoms with Gasteiger partial charge in [0.05, 0.1) is 17.1 Å². The highest BCUT2D eigenvalue weighted by atomic mass is 32.2. The van der Waals surface area contributed by atoms with Gasteiger partial charge in [-0.25, -0.2) is 17.7 Å². The Hall–Kier alpha value is -2.58. The molecule has 140 valence electrons. The van der Waals surface area contributed by atoms with Crippen LogP contribution in [-0.2, 0) is 16.6 Å². The summed E-state index contributed by atoms with van der Waals surface area (Å²) in [6.07, 6.45) is 1.61. The van der Waals surface area contributed by atoms with Gasteiger partial charge in [-0.1, -0.05) is 29.8 Å². The molecule has 0 spiro atoms. The summed E-state index contributed by atoms with van der Waals surface area (Å²) < 4.78 is 33.8. The van der Waals surface area contributed by atoms with Gasteiger partial charge in [-0.2, -0.15) is 0 Å². The van der Waals surface area contributed by atoms with Crippen LogP contribution in [0.2, 0.25) is 0 Å². The third-order valence-electron chi connectivity index (χ3n) is 4.30. The van der Waals surface area contributed by atoms with E-state index < -0.39 is 10.0 Å². The van der Waals surface area contributed by atoms with E-state index >= 15 is 0 Å². The number of hydrogen-bond donors (Lipinski definition) is 1. The lowest BCUT2D eigenvalue weighted by Crippen LogP contribution is -2.30. The molecule has 1 aliphatic heterocycles. The molecule has 0 atom stereocenters. The lowest BCUT2D eigenvalue weighted by atomic mass is 10.1. The minimum atomic E-state index is -3.79. The zero-order valence-corrected chi connectivity index (χ0v) is 16.4. The van der Waals surface area contributed by atoms with Crippen LogP contribution in [0.1, 0.15) is 11.1 Å². The highest BCUT2D eigenvalue weighted by molar-refractivity contribution is 7.93. The number of fused-ring (bicyclic) bond motifs is 1. The van der Waals surface area contributed by atoms with Crippen LogP contribution in [0.3, 0.4) is 0 Å². The normalized spacial score (nSPS) is 13.4. The average molecular weight is 402 g/mol. The maximum absolute atomic E-state index is 13.4. The zero-order chi connectivity index (χ0) is 18.9. The molecular weight excluding hydrogens is 382 g/mol. The second-order valence-corrected chi connectivity index (χ2v) is 8.98. The van der Waals surface area contributed by atoms with Crippen molar-refractivity contribution < 1.29 is 13.2 Å². The van der Waals surface area contributed by atoms with Gasteiger partial charge in [0.15, 0.2) is 5.13 Å². The Balaban J connectivity index is 1.73. The van der Waals surface area contributed by atoms with Crippen LogP contribution in [0.5, 0.6) is 5.75 Å². The molecule has 8 heteroatoms. The molecule has 1 aliphatic rings. The molecule has 0 saturated heterocycles. The predicted molar refractivity (Wildman–Crippen MR) is 107 cm³/mol. The van der Waals surface area contributed by atoms with Crippen LogP contribution in [0.4, 0.5) is 10.8 Å². The highest BCUT2D eigenvalue weighted by Gasteiger charge is 2.28. The highest BCUT2D eigenvalue weighted by Crippen LogP contribution is 2.33. The predicted octanol–water partition coefficient (Wildman–Crippen LogP) is 3.65. The number of ether oxygens (including phenoxy) is 1. The van der Waals surface area contributed by atoms with Crippen molar-refractivity contribution in [3.05, 3.63) is 65.2 Å². The smallest absolute Gasteiger partial charge is 0.266 e. The van der Waals surface area contributed by atoms with E-state index in [0.29, 0.717) is 24.0 Å². The molecule has 2 aromatic carbocycles. The summed E-state index contributed by atoms with van der Waals surface area (Å²) in [6, 6.07) is 12.7. The van der Waals surface area contributed by atoms with Crippen LogP contribution in [-0.4, -0.2) is 26.6 Å². The molecule has 4 rings (SSSR count). The SMILES string of the molecule is Cc1ccc(CN(c2nccs2)S(=O)(=O)c2ccc3c(c2)OCCN3)cc1. The number of benzene rings is 2. The van der Waals surface area contributed by atoms with E-state index in [4.69, 9.17) is 4.74 Å². The third-order valence-corrected chi connectivity index (χ3v) is 6.94. The molecule has 1 aromatic heterocycles. The van der Waals surface area contributed by atoms with E-state index in [1.54, 1.807) is 29.8 Å². The molecule has 0 unspecified atom stereocenters. The number of aryl methyl sites for hydroxylation is 1. The van der Waals surface area contributed by atoms with E-state index in [2.05, 4.69) is 10.3 Å². The number of thiazole rings is 1. The lowest BCUT2D eigenvalue weighted by Gasteiger charge is -2.24. The standard InChI is InChI=1S/C19H19N3O3S2/c1-14-2-4-15(5-3-14)13-22(19-21-9-11-26-19)27(23,24)16-6-7-17-18(12-16)25-10-8-20-17/h2-7,9,11-12,20H,8,10,13H2,1H3. The zero-order valence-electron chi connectivity index (χ0n) is 14.8. The average Bonchev–Trinajstić information content (AvgIpc) is 3.21. The van der Waals surface area contributed by atoms with E-state index in [-0.39, 0.29) is 11.4 Å². The van der Waals surface area contributed by atoms with Crippen LogP contribution in [0.15, 0.2) is 58.9 Å². The molecule has 0 fully saturated rings. The summed E-state index contributed by atoms with van der Waals surface area (Å²) in [4.78, 5) is 4.42. The van der Waals surface area contributed by atoms with Crippen LogP contribution >= 0.6 is 11.3 Å². The Labute approximate surface area is 162 Å². The molecule has 27 heavy (non-hydrogen) atoms. The maximum Gasteiger partial charge on any atom is 0.266 e. The fraction of sp³-hybridized carbons (Fsp3) is 0.211. The van der Waals surface area contributed by atoms with Crippen LogP contribution in [0.25, 0.3) is 0 Å². The van der Waals surface area contributed by atoms with E-state index in [9.17, 15) is 8.42 Å². The van der Waals surface area contributed by atoms with Gasteiger partial charge in [0.25, 0.3) is 10.0 Å². The van der Waals surface area contributed by atoms with Crippen molar-refractivity contribution >= 4 is 32.2 Å². The molecule has 2 heterocycles. The minimum absolute atomic E-state index is 0.187. The van der Waals surface area contributed by atoms with E-state index in [1.807, 2.05) is 31.2 Å². The summed E-state index contributed by atoms with van der Waals surface area (Å²) in [6.45, 7) is 3.43. The summed E-state index contributed by atoms with van der Waals surface area (Å²) in [5.41, 5.74) is 2.83. The first-order valence-corrected chi connectivity index (χ1v) is 10.8.